The minimum Gasteiger partial charge on any atom is -0.445 e. The number of aromatic nitrogens is 6. The first-order valence-electron chi connectivity index (χ1n) is 12.1. The number of rotatable bonds is 4. The van der Waals surface area contributed by atoms with E-state index in [-0.39, 0.29) is 33.9 Å². The zero-order valence-electron chi connectivity index (χ0n) is 21.0. The lowest BCUT2D eigenvalue weighted by Crippen LogP contribution is -2.33. The van der Waals surface area contributed by atoms with Crippen molar-refractivity contribution in [3.63, 3.8) is 0 Å². The first kappa shape index (κ1) is 23.8. The molecule has 1 aromatic carbocycles. The van der Waals surface area contributed by atoms with E-state index >= 15 is 0 Å². The van der Waals surface area contributed by atoms with E-state index < -0.39 is 11.9 Å². The molecule has 194 valence electrons. The van der Waals surface area contributed by atoms with Crippen LogP contribution in [-0.2, 0) is 7.05 Å². The van der Waals surface area contributed by atoms with Crippen molar-refractivity contribution in [1.29, 1.82) is 0 Å². The molecular weight excluding hydrogens is 498 g/mol. The van der Waals surface area contributed by atoms with Gasteiger partial charge in [-0.05, 0) is 25.1 Å². The molecule has 12 nitrogen and oxygen atoms in total. The van der Waals surface area contributed by atoms with Crippen molar-refractivity contribution in [2.45, 2.75) is 13.0 Å². The number of carbonyl (C=O) groups excluding carboxylic acids is 1. The summed E-state index contributed by atoms with van der Waals surface area (Å²) in [5.74, 6) is 6.39. The highest BCUT2D eigenvalue weighted by Gasteiger charge is 2.27. The summed E-state index contributed by atoms with van der Waals surface area (Å²) in [7, 11) is 1.80. The van der Waals surface area contributed by atoms with Crippen LogP contribution in [0, 0.1) is 11.8 Å². The summed E-state index contributed by atoms with van der Waals surface area (Å²) in [5.41, 5.74) is 7.69. The Morgan fingerprint density at radius 1 is 1.26 bits per heavy atom. The number of anilines is 2. The quantitative estimate of drug-likeness (QED) is 0.305. The second-order valence-electron chi connectivity index (χ2n) is 8.94. The van der Waals surface area contributed by atoms with Gasteiger partial charge in [-0.3, -0.25) is 18.8 Å². The van der Waals surface area contributed by atoms with E-state index in [9.17, 15) is 9.59 Å². The van der Waals surface area contributed by atoms with Crippen molar-refractivity contribution in [2.75, 3.05) is 17.6 Å². The van der Waals surface area contributed by atoms with Crippen LogP contribution in [0.3, 0.4) is 0 Å². The molecule has 0 bridgehead atoms. The smallest absolute Gasteiger partial charge is 0.270 e. The topological polar surface area (TPSA) is 151 Å². The molecule has 1 unspecified atom stereocenters. The van der Waals surface area contributed by atoms with Gasteiger partial charge in [-0.1, -0.05) is 30.0 Å². The molecule has 12 heteroatoms. The van der Waals surface area contributed by atoms with Crippen LogP contribution in [0.2, 0.25) is 0 Å². The molecule has 0 saturated heterocycles. The Kier molecular flexibility index (Phi) is 5.73. The van der Waals surface area contributed by atoms with Gasteiger partial charge in [0, 0.05) is 26.0 Å². The fourth-order valence-corrected chi connectivity index (χ4v) is 4.44. The van der Waals surface area contributed by atoms with Gasteiger partial charge in [0.05, 0.1) is 29.1 Å². The standard InChI is InChI=1S/C27H23N9O3/c1-16(31-25(37)21-22(28)33-35-12-6-11-29-24(21)35)23-32-26-20(27(38)36(23)19-7-4-3-5-8-19)18(15-39-26)10-9-17-13-30-34(2)14-17/h3-8,12-16,29H,11H2,1-2H3,(H2,28,33)(H,31,37). The third kappa shape index (κ3) is 4.21. The minimum atomic E-state index is -0.709. The summed E-state index contributed by atoms with van der Waals surface area (Å²) < 4.78 is 10.3. The number of amides is 1. The van der Waals surface area contributed by atoms with Crippen molar-refractivity contribution in [2.24, 2.45) is 7.05 Å². The van der Waals surface area contributed by atoms with Gasteiger partial charge < -0.3 is 20.8 Å². The highest BCUT2D eigenvalue weighted by Crippen LogP contribution is 2.26. The van der Waals surface area contributed by atoms with Gasteiger partial charge in [0.2, 0.25) is 5.71 Å². The molecule has 4 N–H and O–H groups in total. The Hall–Kier alpha value is -5.57. The van der Waals surface area contributed by atoms with E-state index in [0.29, 0.717) is 29.2 Å². The first-order valence-corrected chi connectivity index (χ1v) is 12.1. The molecule has 5 aromatic rings. The van der Waals surface area contributed by atoms with Crippen LogP contribution in [0.5, 0.6) is 0 Å². The average Bonchev–Trinajstić information content (AvgIpc) is 3.63. The van der Waals surface area contributed by atoms with Gasteiger partial charge in [0.25, 0.3) is 11.5 Å². The van der Waals surface area contributed by atoms with Crippen molar-refractivity contribution < 1.29 is 9.21 Å². The van der Waals surface area contributed by atoms with Crippen molar-refractivity contribution in [3.05, 3.63) is 87.9 Å². The Morgan fingerprint density at radius 3 is 2.85 bits per heavy atom. The Morgan fingerprint density at radius 2 is 2.08 bits per heavy atom. The first-order chi connectivity index (χ1) is 18.9. The molecule has 5 heterocycles. The van der Waals surface area contributed by atoms with Crippen molar-refractivity contribution in [1.82, 2.24) is 34.4 Å². The lowest BCUT2D eigenvalue weighted by atomic mass is 10.2. The number of hydrogen-bond donors (Lipinski definition) is 3. The van der Waals surface area contributed by atoms with E-state index in [4.69, 9.17) is 10.2 Å². The number of carbonyl (C=O) groups is 1. The molecule has 1 aliphatic heterocycles. The number of fused-ring (bicyclic) bond motifs is 2. The summed E-state index contributed by atoms with van der Waals surface area (Å²) in [6, 6.07) is 8.35. The number of nitrogens with two attached hydrogens (primary N) is 1. The lowest BCUT2D eigenvalue weighted by Gasteiger charge is -2.19. The van der Waals surface area contributed by atoms with E-state index in [2.05, 4.69) is 37.7 Å². The van der Waals surface area contributed by atoms with E-state index in [0.717, 1.165) is 0 Å². The summed E-state index contributed by atoms with van der Waals surface area (Å²) >= 11 is 0. The number of nitrogen functional groups attached to an aromatic ring is 1. The van der Waals surface area contributed by atoms with Gasteiger partial charge in [-0.2, -0.15) is 10.1 Å². The molecule has 4 aromatic heterocycles. The maximum atomic E-state index is 13.9. The Bertz CT molecular complexity index is 1880. The molecule has 0 fully saturated rings. The molecule has 6 rings (SSSR count). The van der Waals surface area contributed by atoms with E-state index in [1.807, 2.05) is 24.3 Å². The van der Waals surface area contributed by atoms with Crippen LogP contribution >= 0.6 is 0 Å². The van der Waals surface area contributed by atoms with Crippen LogP contribution < -0.4 is 21.9 Å². The number of furan rings is 1. The van der Waals surface area contributed by atoms with Crippen LogP contribution in [0.1, 0.15) is 40.3 Å². The number of nitrogens with one attached hydrogen (secondary N) is 2. The van der Waals surface area contributed by atoms with Crippen LogP contribution in [0.25, 0.3) is 23.0 Å². The number of nitrogens with zero attached hydrogens (tertiary/aromatic N) is 6. The van der Waals surface area contributed by atoms with Crippen molar-refractivity contribution in [3.8, 4) is 17.5 Å². The monoisotopic (exact) mass is 521 g/mol. The second kappa shape index (κ2) is 9.38. The highest BCUT2D eigenvalue weighted by molar-refractivity contribution is 6.04. The lowest BCUT2D eigenvalue weighted by molar-refractivity contribution is 0.0939. The molecule has 0 radical (unpaired) electrons. The SMILES string of the molecule is CC(NC(=O)c1c(N)nn2c1NCC=C2)c1nc2occ(C#Cc3cnn(C)c3)c2c(=O)n1-c1ccccc1. The predicted octanol–water partition coefficient (Wildman–Crippen LogP) is 2.28. The largest absolute Gasteiger partial charge is 0.445 e. The molecule has 0 aliphatic carbocycles. The van der Waals surface area contributed by atoms with E-state index in [1.165, 1.54) is 15.5 Å². The molecular formula is C27H23N9O3. The summed E-state index contributed by atoms with van der Waals surface area (Å²) in [5, 5.41) is 14.6. The van der Waals surface area contributed by atoms with Crippen LogP contribution in [0.4, 0.5) is 11.6 Å². The number of benzene rings is 1. The van der Waals surface area contributed by atoms with E-state index in [1.54, 1.807) is 49.4 Å². The van der Waals surface area contributed by atoms with Crippen LogP contribution in [0.15, 0.2) is 64.3 Å². The summed E-state index contributed by atoms with van der Waals surface area (Å²) in [6.45, 7) is 2.27. The number of hydrogen-bond acceptors (Lipinski definition) is 8. The highest BCUT2D eigenvalue weighted by atomic mass is 16.3. The van der Waals surface area contributed by atoms with Gasteiger partial charge in [0.1, 0.15) is 28.9 Å². The maximum absolute atomic E-state index is 13.9. The predicted molar refractivity (Wildman–Crippen MR) is 145 cm³/mol. The molecule has 1 amide bonds. The van der Waals surface area contributed by atoms with Gasteiger partial charge in [0.15, 0.2) is 5.82 Å². The number of aryl methyl sites for hydroxylation is 1. The summed E-state index contributed by atoms with van der Waals surface area (Å²) in [6.07, 6.45) is 8.41. The Labute approximate surface area is 221 Å². The van der Waals surface area contributed by atoms with Gasteiger partial charge >= 0.3 is 0 Å². The van der Waals surface area contributed by atoms with Gasteiger partial charge in [-0.15, -0.1) is 5.10 Å². The third-order valence-electron chi connectivity index (χ3n) is 6.23. The third-order valence-corrected chi connectivity index (χ3v) is 6.23. The van der Waals surface area contributed by atoms with Gasteiger partial charge in [-0.25, -0.2) is 4.68 Å². The normalized spacial score (nSPS) is 12.9. The average molecular weight is 522 g/mol. The molecule has 39 heavy (non-hydrogen) atoms. The second-order valence-corrected chi connectivity index (χ2v) is 8.94. The molecule has 0 spiro atoms. The summed E-state index contributed by atoms with van der Waals surface area (Å²) in [4.78, 5) is 31.9. The van der Waals surface area contributed by atoms with Crippen molar-refractivity contribution >= 4 is 34.8 Å². The fourth-order valence-electron chi connectivity index (χ4n) is 4.44. The van der Waals surface area contributed by atoms with Crippen LogP contribution in [-0.4, -0.2) is 41.6 Å². The number of para-hydroxylation sites is 1. The zero-order chi connectivity index (χ0) is 27.1. The minimum absolute atomic E-state index is 0.0838. The Balaban J connectivity index is 1.43. The molecule has 0 saturated carbocycles. The fraction of sp³-hybridized carbons (Fsp3) is 0.148. The molecule has 1 atom stereocenters. The molecule has 1 aliphatic rings. The maximum Gasteiger partial charge on any atom is 0.270 e. The zero-order valence-corrected chi connectivity index (χ0v) is 21.0.